The average molecular weight is 307 g/mol. The molecule has 0 radical (unpaired) electrons. The topological polar surface area (TPSA) is 12.9 Å². The first-order chi connectivity index (χ1) is 10.3. The van der Waals surface area contributed by atoms with Crippen molar-refractivity contribution in [2.75, 3.05) is 0 Å². The minimum Gasteiger partial charge on any atom is -0.248 e. The highest BCUT2D eigenvalue weighted by atomic mass is 19.4. The Balaban J connectivity index is 3.31. The van der Waals surface area contributed by atoms with Crippen molar-refractivity contribution in [3.8, 4) is 0 Å². The van der Waals surface area contributed by atoms with Crippen molar-refractivity contribution in [2.45, 2.75) is 33.4 Å². The highest BCUT2D eigenvalue weighted by molar-refractivity contribution is 5.76. The second kappa shape index (κ2) is 7.78. The maximum Gasteiger partial charge on any atom is 0.417 e. The number of allylic oxidation sites excluding steroid dienone is 7. The van der Waals surface area contributed by atoms with E-state index >= 15 is 0 Å². The van der Waals surface area contributed by atoms with Gasteiger partial charge in [0.1, 0.15) is 0 Å². The van der Waals surface area contributed by atoms with Crippen LogP contribution in [0, 0.1) is 0 Å². The fourth-order valence-corrected chi connectivity index (χ4v) is 1.80. The first kappa shape index (κ1) is 18.0. The Bertz CT molecular complexity index is 619. The molecule has 1 heterocycles. The van der Waals surface area contributed by atoms with E-state index in [1.165, 1.54) is 6.07 Å². The maximum absolute atomic E-state index is 12.8. The van der Waals surface area contributed by atoms with Crippen LogP contribution in [0.5, 0.6) is 0 Å². The summed E-state index contributed by atoms with van der Waals surface area (Å²) >= 11 is 0. The third kappa shape index (κ3) is 4.72. The van der Waals surface area contributed by atoms with Crippen LogP contribution in [-0.4, -0.2) is 11.2 Å². The molecular formula is C18H20F3N. The molecule has 0 bridgehead atoms. The van der Waals surface area contributed by atoms with E-state index in [1.54, 1.807) is 12.1 Å². The zero-order valence-corrected chi connectivity index (χ0v) is 13.0. The summed E-state index contributed by atoms with van der Waals surface area (Å²) in [6, 6.07) is 4.61. The first-order valence-electron chi connectivity index (χ1n) is 7.04. The number of hydrogen-bond acceptors (Lipinski definition) is 1. The smallest absolute Gasteiger partial charge is 0.248 e. The molecule has 0 saturated heterocycles. The van der Waals surface area contributed by atoms with Crippen molar-refractivity contribution in [1.82, 2.24) is 4.98 Å². The fraction of sp³-hybridized carbons (Fsp3) is 0.278. The van der Waals surface area contributed by atoms with Crippen LogP contribution < -0.4 is 0 Å². The Morgan fingerprint density at radius 2 is 1.86 bits per heavy atom. The van der Waals surface area contributed by atoms with Crippen LogP contribution in [0.3, 0.4) is 0 Å². The van der Waals surface area contributed by atoms with Gasteiger partial charge in [0.15, 0.2) is 0 Å². The van der Waals surface area contributed by atoms with E-state index in [0.717, 1.165) is 17.6 Å². The van der Waals surface area contributed by atoms with E-state index in [4.69, 9.17) is 0 Å². The summed E-state index contributed by atoms with van der Waals surface area (Å²) in [7, 11) is 0. The van der Waals surface area contributed by atoms with Crippen molar-refractivity contribution in [3.05, 3.63) is 66.0 Å². The Kier molecular flexibility index (Phi) is 6.35. The summed E-state index contributed by atoms with van der Waals surface area (Å²) < 4.78 is 38.3. The van der Waals surface area contributed by atoms with Crippen LogP contribution in [0.2, 0.25) is 0 Å². The lowest BCUT2D eigenvalue weighted by Crippen LogP contribution is -2.11. The number of aromatic nitrogens is 1. The van der Waals surface area contributed by atoms with Crippen LogP contribution in [-0.2, 0) is 0 Å². The summed E-state index contributed by atoms with van der Waals surface area (Å²) in [5.74, 6) is 0. The lowest BCUT2D eigenvalue weighted by atomic mass is 10.0. The molecule has 0 N–H and O–H groups in total. The van der Waals surface area contributed by atoms with E-state index in [9.17, 15) is 13.2 Å². The minimum atomic E-state index is -4.48. The van der Waals surface area contributed by atoms with Gasteiger partial charge in [0.25, 0.3) is 0 Å². The molecule has 0 amide bonds. The first-order valence-corrected chi connectivity index (χ1v) is 7.04. The van der Waals surface area contributed by atoms with E-state index < -0.39 is 11.7 Å². The quantitative estimate of drug-likeness (QED) is 0.610. The van der Waals surface area contributed by atoms with Gasteiger partial charge in [-0.1, -0.05) is 49.4 Å². The molecule has 1 aromatic heterocycles. The molecule has 0 unspecified atom stereocenters. The van der Waals surface area contributed by atoms with Gasteiger partial charge in [0.05, 0.1) is 17.0 Å². The van der Waals surface area contributed by atoms with Gasteiger partial charge >= 0.3 is 6.18 Å². The third-order valence-corrected chi connectivity index (χ3v) is 3.23. The standard InChI is InChI=1S/C18H20F3N/c1-5-7-8-10-15(13(3)6-2)17-12-9-11-16(22-17)14(4)18(19,20)21/h5,7-12H,4,6H2,1-3H3/b7-5-,10-8-,15-13?. The van der Waals surface area contributed by atoms with Crippen LogP contribution in [0.15, 0.2) is 54.7 Å². The predicted molar refractivity (Wildman–Crippen MR) is 86.2 cm³/mol. The Morgan fingerprint density at radius 1 is 1.23 bits per heavy atom. The summed E-state index contributed by atoms with van der Waals surface area (Å²) in [6.07, 6.45) is 3.77. The van der Waals surface area contributed by atoms with Gasteiger partial charge < -0.3 is 0 Å². The van der Waals surface area contributed by atoms with E-state index in [0.29, 0.717) is 5.69 Å². The molecule has 0 aliphatic heterocycles. The summed E-state index contributed by atoms with van der Waals surface area (Å²) in [6.45, 7) is 8.94. The zero-order chi connectivity index (χ0) is 16.8. The number of halogens is 3. The van der Waals surface area contributed by atoms with Crippen LogP contribution in [0.25, 0.3) is 11.1 Å². The van der Waals surface area contributed by atoms with Crippen molar-refractivity contribution in [2.24, 2.45) is 0 Å². The van der Waals surface area contributed by atoms with Gasteiger partial charge in [-0.05, 0) is 38.0 Å². The van der Waals surface area contributed by atoms with Crippen molar-refractivity contribution in [3.63, 3.8) is 0 Å². The molecule has 0 saturated carbocycles. The lowest BCUT2D eigenvalue weighted by molar-refractivity contribution is -0.0688. The van der Waals surface area contributed by atoms with Crippen molar-refractivity contribution >= 4 is 11.1 Å². The van der Waals surface area contributed by atoms with E-state index in [2.05, 4.69) is 11.6 Å². The molecule has 1 rings (SSSR count). The molecule has 0 aliphatic rings. The second-order valence-corrected chi connectivity index (χ2v) is 4.82. The van der Waals surface area contributed by atoms with Gasteiger partial charge in [-0.2, -0.15) is 13.2 Å². The van der Waals surface area contributed by atoms with Gasteiger partial charge in [0.2, 0.25) is 0 Å². The highest BCUT2D eigenvalue weighted by Crippen LogP contribution is 2.32. The number of alkyl halides is 3. The normalized spacial score (nSPS) is 13.7. The van der Waals surface area contributed by atoms with Crippen LogP contribution in [0.1, 0.15) is 38.6 Å². The van der Waals surface area contributed by atoms with Gasteiger partial charge in [-0.3, -0.25) is 0 Å². The molecule has 0 atom stereocenters. The fourth-order valence-electron chi connectivity index (χ4n) is 1.80. The van der Waals surface area contributed by atoms with Gasteiger partial charge in [-0.15, -0.1) is 0 Å². The third-order valence-electron chi connectivity index (χ3n) is 3.23. The Morgan fingerprint density at radius 3 is 2.41 bits per heavy atom. The largest absolute Gasteiger partial charge is 0.417 e. The monoisotopic (exact) mass is 307 g/mol. The van der Waals surface area contributed by atoms with Crippen LogP contribution in [0.4, 0.5) is 13.2 Å². The molecule has 0 fully saturated rings. The molecule has 22 heavy (non-hydrogen) atoms. The second-order valence-electron chi connectivity index (χ2n) is 4.82. The van der Waals surface area contributed by atoms with Gasteiger partial charge in [0, 0.05) is 0 Å². The van der Waals surface area contributed by atoms with Crippen LogP contribution >= 0.6 is 0 Å². The molecule has 118 valence electrons. The number of nitrogens with zero attached hydrogens (tertiary/aromatic N) is 1. The van der Waals surface area contributed by atoms with Crippen molar-refractivity contribution < 1.29 is 13.2 Å². The zero-order valence-electron chi connectivity index (χ0n) is 13.0. The Hall–Kier alpha value is -2.10. The van der Waals surface area contributed by atoms with Crippen molar-refractivity contribution in [1.29, 1.82) is 0 Å². The minimum absolute atomic E-state index is 0.147. The van der Waals surface area contributed by atoms with Gasteiger partial charge in [-0.25, -0.2) is 4.98 Å². The number of hydrogen-bond donors (Lipinski definition) is 0. The SMILES string of the molecule is C=C(c1cccc(C(/C=C\C=C/C)=C(C)CC)n1)C(F)(F)F. The molecule has 1 nitrogen and oxygen atoms in total. The summed E-state index contributed by atoms with van der Waals surface area (Å²) in [5, 5.41) is 0. The maximum atomic E-state index is 12.8. The predicted octanol–water partition coefficient (Wildman–Crippen LogP) is 5.97. The highest BCUT2D eigenvalue weighted by Gasteiger charge is 2.33. The molecule has 1 aromatic rings. The summed E-state index contributed by atoms with van der Waals surface area (Å²) in [4.78, 5) is 4.13. The molecule has 0 aliphatic carbocycles. The van der Waals surface area contributed by atoms with E-state index in [1.807, 2.05) is 45.1 Å². The van der Waals surface area contributed by atoms with E-state index in [-0.39, 0.29) is 5.69 Å². The molecule has 0 spiro atoms. The molecule has 0 aromatic carbocycles. The molecular weight excluding hydrogens is 287 g/mol. The lowest BCUT2D eigenvalue weighted by Gasteiger charge is -2.12. The Labute approximate surface area is 129 Å². The number of rotatable bonds is 5. The number of pyridine rings is 1. The summed E-state index contributed by atoms with van der Waals surface area (Å²) in [5.41, 5.74) is 1.33. The average Bonchev–Trinajstić information content (AvgIpc) is 2.49. The molecule has 4 heteroatoms.